The van der Waals surface area contributed by atoms with E-state index in [1.54, 1.807) is 16.8 Å². The van der Waals surface area contributed by atoms with Crippen LogP contribution in [0.1, 0.15) is 18.4 Å². The molecule has 0 bridgehead atoms. The number of nitrogens with one attached hydrogen (secondary N) is 1. The molecule has 0 saturated heterocycles. The van der Waals surface area contributed by atoms with E-state index in [-0.39, 0.29) is 0 Å². The van der Waals surface area contributed by atoms with Gasteiger partial charge in [0.15, 0.2) is 5.82 Å². The van der Waals surface area contributed by atoms with E-state index >= 15 is 0 Å². The fourth-order valence-corrected chi connectivity index (χ4v) is 2.79. The molecule has 9 heteroatoms. The number of hydrogen-bond donors (Lipinski definition) is 1. The molecule has 0 aliphatic carbocycles. The molecule has 3 rings (SSSR count). The van der Waals surface area contributed by atoms with Gasteiger partial charge in [0.25, 0.3) is 0 Å². The second kappa shape index (κ2) is 6.93. The molecule has 0 unspecified atom stereocenters. The standard InChI is InChI=1S/C15H13Cl3N6/c1-3-12-20-11(18)6-13(21-12)22-14-4-8(2)23-24(14)15-10(17)5-9(16)7-19-15/h4-7H,3H2,1-2H3,(H,20,21,22). The highest BCUT2D eigenvalue weighted by Crippen LogP contribution is 2.26. The van der Waals surface area contributed by atoms with Crippen LogP contribution in [-0.4, -0.2) is 24.7 Å². The van der Waals surface area contributed by atoms with Gasteiger partial charge >= 0.3 is 0 Å². The first-order valence-corrected chi connectivity index (χ1v) is 8.28. The molecule has 0 fully saturated rings. The molecule has 3 heterocycles. The van der Waals surface area contributed by atoms with Crippen molar-refractivity contribution in [2.75, 3.05) is 5.32 Å². The zero-order chi connectivity index (χ0) is 17.3. The third kappa shape index (κ3) is 3.61. The largest absolute Gasteiger partial charge is 0.325 e. The number of rotatable bonds is 4. The second-order valence-electron chi connectivity index (χ2n) is 5.01. The maximum atomic E-state index is 6.24. The van der Waals surface area contributed by atoms with Crippen LogP contribution in [0.3, 0.4) is 0 Å². The molecule has 6 nitrogen and oxygen atoms in total. The molecule has 3 aromatic rings. The van der Waals surface area contributed by atoms with Gasteiger partial charge in [-0.15, -0.1) is 0 Å². The van der Waals surface area contributed by atoms with Gasteiger partial charge in [-0.05, 0) is 13.0 Å². The van der Waals surface area contributed by atoms with Crippen molar-refractivity contribution in [3.8, 4) is 5.82 Å². The van der Waals surface area contributed by atoms with Crippen molar-refractivity contribution < 1.29 is 0 Å². The van der Waals surface area contributed by atoms with E-state index in [1.165, 1.54) is 6.20 Å². The fraction of sp³-hybridized carbons (Fsp3) is 0.200. The summed E-state index contributed by atoms with van der Waals surface area (Å²) >= 11 is 18.2. The Morgan fingerprint density at radius 1 is 1.12 bits per heavy atom. The summed E-state index contributed by atoms with van der Waals surface area (Å²) in [6.45, 7) is 3.83. The second-order valence-corrected chi connectivity index (χ2v) is 6.24. The van der Waals surface area contributed by atoms with Gasteiger partial charge in [-0.3, -0.25) is 0 Å². The molecule has 0 radical (unpaired) electrons. The summed E-state index contributed by atoms with van der Waals surface area (Å²) in [5.41, 5.74) is 0.793. The van der Waals surface area contributed by atoms with Crippen LogP contribution in [0.25, 0.3) is 5.82 Å². The van der Waals surface area contributed by atoms with Crippen LogP contribution in [-0.2, 0) is 6.42 Å². The molecule has 0 aliphatic rings. The normalized spacial score (nSPS) is 10.9. The van der Waals surface area contributed by atoms with Gasteiger partial charge in [0.05, 0.1) is 15.7 Å². The first-order chi connectivity index (χ1) is 11.5. The highest BCUT2D eigenvalue weighted by molar-refractivity contribution is 6.35. The van der Waals surface area contributed by atoms with E-state index in [1.807, 2.05) is 19.9 Å². The van der Waals surface area contributed by atoms with Crippen molar-refractivity contribution in [2.45, 2.75) is 20.3 Å². The van der Waals surface area contributed by atoms with Crippen molar-refractivity contribution in [1.82, 2.24) is 24.7 Å². The van der Waals surface area contributed by atoms with Gasteiger partial charge in [0, 0.05) is 24.8 Å². The average molecular weight is 384 g/mol. The van der Waals surface area contributed by atoms with Crippen molar-refractivity contribution in [3.05, 3.63) is 51.1 Å². The van der Waals surface area contributed by atoms with E-state index in [0.29, 0.717) is 44.9 Å². The highest BCUT2D eigenvalue weighted by Gasteiger charge is 2.14. The summed E-state index contributed by atoms with van der Waals surface area (Å²) in [7, 11) is 0. The lowest BCUT2D eigenvalue weighted by atomic mass is 10.4. The third-order valence-corrected chi connectivity index (χ3v) is 3.81. The molecular weight excluding hydrogens is 371 g/mol. The van der Waals surface area contributed by atoms with Crippen molar-refractivity contribution >= 4 is 46.4 Å². The minimum Gasteiger partial charge on any atom is -0.325 e. The van der Waals surface area contributed by atoms with E-state index in [4.69, 9.17) is 34.8 Å². The van der Waals surface area contributed by atoms with Crippen LogP contribution in [0.5, 0.6) is 0 Å². The number of anilines is 2. The lowest BCUT2D eigenvalue weighted by Crippen LogP contribution is -2.07. The minimum atomic E-state index is 0.370. The molecule has 0 spiro atoms. The van der Waals surface area contributed by atoms with Crippen LogP contribution >= 0.6 is 34.8 Å². The molecule has 0 saturated carbocycles. The van der Waals surface area contributed by atoms with Crippen LogP contribution in [0.4, 0.5) is 11.6 Å². The van der Waals surface area contributed by atoms with E-state index in [9.17, 15) is 0 Å². The average Bonchev–Trinajstić information content (AvgIpc) is 2.87. The van der Waals surface area contributed by atoms with Gasteiger partial charge in [-0.2, -0.15) is 9.78 Å². The summed E-state index contributed by atoms with van der Waals surface area (Å²) < 4.78 is 1.59. The van der Waals surface area contributed by atoms with E-state index < -0.39 is 0 Å². The highest BCUT2D eigenvalue weighted by atomic mass is 35.5. The molecule has 0 aliphatic heterocycles. The zero-order valence-electron chi connectivity index (χ0n) is 12.9. The van der Waals surface area contributed by atoms with E-state index in [2.05, 4.69) is 25.4 Å². The summed E-state index contributed by atoms with van der Waals surface area (Å²) in [6, 6.07) is 5.11. The first kappa shape index (κ1) is 17.0. The van der Waals surface area contributed by atoms with E-state index in [0.717, 1.165) is 5.69 Å². The minimum absolute atomic E-state index is 0.370. The van der Waals surface area contributed by atoms with Gasteiger partial charge in [-0.25, -0.2) is 15.0 Å². The number of hydrogen-bond acceptors (Lipinski definition) is 5. The third-order valence-electron chi connectivity index (χ3n) is 3.13. The Bertz CT molecular complexity index is 893. The Morgan fingerprint density at radius 3 is 2.62 bits per heavy atom. The summed E-state index contributed by atoms with van der Waals surface area (Å²) in [4.78, 5) is 12.8. The van der Waals surface area contributed by atoms with Crippen LogP contribution < -0.4 is 5.32 Å². The van der Waals surface area contributed by atoms with Crippen molar-refractivity contribution in [1.29, 1.82) is 0 Å². The SMILES string of the molecule is CCc1nc(Cl)cc(Nc2cc(C)nn2-c2ncc(Cl)cc2Cl)n1. The lowest BCUT2D eigenvalue weighted by molar-refractivity contribution is 0.837. The molecule has 1 N–H and O–H groups in total. The molecule has 0 amide bonds. The van der Waals surface area contributed by atoms with Gasteiger partial charge in [-0.1, -0.05) is 41.7 Å². The topological polar surface area (TPSA) is 68.5 Å². The zero-order valence-corrected chi connectivity index (χ0v) is 15.2. The molecule has 3 aromatic heterocycles. The Kier molecular flexibility index (Phi) is 4.89. The van der Waals surface area contributed by atoms with Crippen LogP contribution in [0.2, 0.25) is 15.2 Å². The number of aryl methyl sites for hydroxylation is 2. The predicted octanol–water partition coefficient (Wildman–Crippen LogP) is 4.63. The van der Waals surface area contributed by atoms with Gasteiger partial charge in [0.2, 0.25) is 0 Å². The van der Waals surface area contributed by atoms with Crippen LogP contribution in [0.15, 0.2) is 24.4 Å². The fourth-order valence-electron chi connectivity index (χ4n) is 2.13. The monoisotopic (exact) mass is 382 g/mol. The summed E-state index contributed by atoms with van der Waals surface area (Å²) in [5, 5.41) is 8.82. The molecule has 0 aromatic carbocycles. The Hall–Kier alpha value is -1.89. The number of halogens is 3. The number of aromatic nitrogens is 5. The smallest absolute Gasteiger partial charge is 0.174 e. The number of nitrogens with zero attached hydrogens (tertiary/aromatic N) is 5. The van der Waals surface area contributed by atoms with Crippen molar-refractivity contribution in [3.63, 3.8) is 0 Å². The molecular formula is C15H13Cl3N6. The lowest BCUT2D eigenvalue weighted by Gasteiger charge is -2.10. The van der Waals surface area contributed by atoms with Gasteiger partial charge < -0.3 is 5.32 Å². The summed E-state index contributed by atoms with van der Waals surface area (Å²) in [5.74, 6) is 2.34. The molecule has 124 valence electrons. The van der Waals surface area contributed by atoms with Crippen LogP contribution in [0, 0.1) is 6.92 Å². The van der Waals surface area contributed by atoms with Gasteiger partial charge in [0.1, 0.15) is 22.6 Å². The summed E-state index contributed by atoms with van der Waals surface area (Å²) in [6.07, 6.45) is 2.19. The van der Waals surface area contributed by atoms with Crippen molar-refractivity contribution in [2.24, 2.45) is 0 Å². The maximum Gasteiger partial charge on any atom is 0.174 e. The molecule has 24 heavy (non-hydrogen) atoms. The maximum absolute atomic E-state index is 6.24. The number of pyridine rings is 1. The quantitative estimate of drug-likeness (QED) is 0.665. The Morgan fingerprint density at radius 2 is 1.92 bits per heavy atom. The Balaban J connectivity index is 2.02. The Labute approximate surface area is 153 Å². The first-order valence-electron chi connectivity index (χ1n) is 7.15. The molecule has 0 atom stereocenters. The predicted molar refractivity (Wildman–Crippen MR) is 95.8 cm³/mol.